The van der Waals surface area contributed by atoms with E-state index in [-0.39, 0.29) is 18.9 Å². The number of methoxy groups -OCH3 is 1. The average Bonchev–Trinajstić information content (AvgIpc) is 3.08. The monoisotopic (exact) mass is 459 g/mol. The molecule has 0 saturated carbocycles. The van der Waals surface area contributed by atoms with Gasteiger partial charge in [0.2, 0.25) is 15.9 Å². The molecule has 8 heteroatoms. The van der Waals surface area contributed by atoms with Crippen LogP contribution in [0, 0.1) is 0 Å². The van der Waals surface area contributed by atoms with Crippen LogP contribution in [-0.4, -0.2) is 53.4 Å². The minimum atomic E-state index is -3.49. The number of anilines is 2. The number of nitrogens with zero attached hydrogens (tertiary/aromatic N) is 2. The molecule has 0 aromatic heterocycles. The summed E-state index contributed by atoms with van der Waals surface area (Å²) in [6.45, 7) is 3.95. The van der Waals surface area contributed by atoms with Crippen LogP contribution < -0.4 is 19.3 Å². The van der Waals surface area contributed by atoms with Crippen molar-refractivity contribution >= 4 is 27.3 Å². The van der Waals surface area contributed by atoms with Gasteiger partial charge in [0.25, 0.3) is 0 Å². The van der Waals surface area contributed by atoms with Crippen molar-refractivity contribution in [2.24, 2.45) is 0 Å². The zero-order valence-electron chi connectivity index (χ0n) is 19.1. The number of para-hydroxylation sites is 3. The van der Waals surface area contributed by atoms with Crippen LogP contribution in [0.5, 0.6) is 5.75 Å². The first-order chi connectivity index (χ1) is 15.3. The number of nitrogens with one attached hydrogen (secondary N) is 1. The molecule has 1 amide bonds. The lowest BCUT2D eigenvalue weighted by Gasteiger charge is -2.25. The van der Waals surface area contributed by atoms with E-state index in [0.717, 1.165) is 25.6 Å². The number of sulfonamides is 1. The smallest absolute Gasteiger partial charge is 0.232 e. The Kier molecular flexibility index (Phi) is 8.01. The summed E-state index contributed by atoms with van der Waals surface area (Å²) in [6.07, 6.45) is 3.78. The van der Waals surface area contributed by atoms with Gasteiger partial charge in [0.1, 0.15) is 5.75 Å². The van der Waals surface area contributed by atoms with Crippen LogP contribution in [-0.2, 0) is 21.2 Å². The van der Waals surface area contributed by atoms with Crippen molar-refractivity contribution in [3.63, 3.8) is 0 Å². The van der Waals surface area contributed by atoms with Crippen molar-refractivity contribution < 1.29 is 17.9 Å². The Morgan fingerprint density at radius 1 is 1.16 bits per heavy atom. The minimum absolute atomic E-state index is 0.0617. The van der Waals surface area contributed by atoms with E-state index in [9.17, 15) is 13.2 Å². The first-order valence-electron chi connectivity index (χ1n) is 11.0. The largest absolute Gasteiger partial charge is 0.495 e. The van der Waals surface area contributed by atoms with Crippen LogP contribution in [0.2, 0.25) is 0 Å². The number of carbonyl (C=O) groups is 1. The van der Waals surface area contributed by atoms with Crippen LogP contribution in [0.25, 0.3) is 0 Å². The van der Waals surface area contributed by atoms with Gasteiger partial charge < -0.3 is 15.0 Å². The highest BCUT2D eigenvalue weighted by atomic mass is 32.2. The highest BCUT2D eigenvalue weighted by molar-refractivity contribution is 7.92. The second kappa shape index (κ2) is 10.7. The van der Waals surface area contributed by atoms with E-state index in [0.29, 0.717) is 30.4 Å². The zero-order chi connectivity index (χ0) is 23.1. The molecule has 1 aliphatic rings. The third kappa shape index (κ3) is 5.94. The molecule has 7 nitrogen and oxygen atoms in total. The van der Waals surface area contributed by atoms with Gasteiger partial charge in [0.05, 0.1) is 19.1 Å². The summed E-state index contributed by atoms with van der Waals surface area (Å²) >= 11 is 0. The Bertz CT molecular complexity index is 1030. The normalized spacial score (nSPS) is 15.3. The number of amides is 1. The minimum Gasteiger partial charge on any atom is -0.495 e. The van der Waals surface area contributed by atoms with Gasteiger partial charge in [-0.2, -0.15) is 0 Å². The van der Waals surface area contributed by atoms with Crippen LogP contribution in [0.3, 0.4) is 0 Å². The summed E-state index contributed by atoms with van der Waals surface area (Å²) < 4.78 is 31.2. The van der Waals surface area contributed by atoms with Crippen molar-refractivity contribution in [2.75, 3.05) is 42.2 Å². The predicted molar refractivity (Wildman–Crippen MR) is 129 cm³/mol. The van der Waals surface area contributed by atoms with Crippen molar-refractivity contribution in [1.29, 1.82) is 0 Å². The molecule has 1 N–H and O–H groups in total. The molecule has 0 bridgehead atoms. The van der Waals surface area contributed by atoms with Crippen LogP contribution in [0.4, 0.5) is 11.4 Å². The van der Waals surface area contributed by atoms with E-state index in [1.165, 1.54) is 22.7 Å². The standard InChI is InChI=1S/C24H33N3O4S/c1-19-18-20-10-4-5-11-21(20)26(19)16-9-15-25-24(28)14-8-17-27(32(3,29)30)22-12-6-7-13-23(22)31-2/h4-7,10-13,19H,8-9,14-18H2,1-3H3,(H,25,28)/t19-/m0/s1. The fourth-order valence-corrected chi connectivity index (χ4v) is 5.19. The Hall–Kier alpha value is -2.74. The number of carbonyl (C=O) groups excluding carboxylic acids is 1. The number of hydrogen-bond acceptors (Lipinski definition) is 5. The van der Waals surface area contributed by atoms with Crippen molar-refractivity contribution in [1.82, 2.24) is 5.32 Å². The van der Waals surface area contributed by atoms with E-state index in [2.05, 4.69) is 41.4 Å². The maximum Gasteiger partial charge on any atom is 0.232 e. The molecule has 0 radical (unpaired) electrons. The molecular formula is C24H33N3O4S. The summed E-state index contributed by atoms with van der Waals surface area (Å²) in [6, 6.07) is 15.9. The second-order valence-corrected chi connectivity index (χ2v) is 10.1. The first-order valence-corrected chi connectivity index (χ1v) is 12.9. The number of hydrogen-bond donors (Lipinski definition) is 1. The number of ether oxygens (including phenoxy) is 1. The van der Waals surface area contributed by atoms with Crippen LogP contribution >= 0.6 is 0 Å². The van der Waals surface area contributed by atoms with Crippen LogP contribution in [0.1, 0.15) is 31.7 Å². The number of fused-ring (bicyclic) bond motifs is 1. The molecule has 0 saturated heterocycles. The molecule has 2 aromatic rings. The Labute approximate surface area is 191 Å². The van der Waals surface area contributed by atoms with Gasteiger partial charge in [-0.3, -0.25) is 9.10 Å². The summed E-state index contributed by atoms with van der Waals surface area (Å²) in [5.41, 5.74) is 3.16. The molecule has 32 heavy (non-hydrogen) atoms. The van der Waals surface area contributed by atoms with Gasteiger partial charge in [-0.05, 0) is 49.9 Å². The molecule has 0 aliphatic carbocycles. The lowest BCUT2D eigenvalue weighted by atomic mass is 10.1. The highest BCUT2D eigenvalue weighted by Gasteiger charge is 2.25. The fourth-order valence-electron chi connectivity index (χ4n) is 4.22. The Morgan fingerprint density at radius 2 is 1.88 bits per heavy atom. The molecule has 174 valence electrons. The van der Waals surface area contributed by atoms with Gasteiger partial charge in [-0.25, -0.2) is 8.42 Å². The van der Waals surface area contributed by atoms with Crippen molar-refractivity contribution in [2.45, 2.75) is 38.6 Å². The van der Waals surface area contributed by atoms with Gasteiger partial charge in [0.15, 0.2) is 0 Å². The van der Waals surface area contributed by atoms with Gasteiger partial charge in [-0.15, -0.1) is 0 Å². The van der Waals surface area contributed by atoms with Crippen molar-refractivity contribution in [3.8, 4) is 5.75 Å². The maximum atomic E-state index is 12.3. The molecule has 0 fully saturated rings. The predicted octanol–water partition coefficient (Wildman–Crippen LogP) is 3.20. The van der Waals surface area contributed by atoms with E-state index in [1.807, 2.05) is 0 Å². The zero-order valence-corrected chi connectivity index (χ0v) is 19.9. The van der Waals surface area contributed by atoms with E-state index in [1.54, 1.807) is 24.3 Å². The summed E-state index contributed by atoms with van der Waals surface area (Å²) in [7, 11) is -1.98. The molecule has 0 unspecified atom stereocenters. The van der Waals surface area contributed by atoms with E-state index in [4.69, 9.17) is 4.74 Å². The third-order valence-corrected chi connectivity index (χ3v) is 6.95. The maximum absolute atomic E-state index is 12.3. The highest BCUT2D eigenvalue weighted by Crippen LogP contribution is 2.32. The lowest BCUT2D eigenvalue weighted by Crippen LogP contribution is -2.34. The number of rotatable bonds is 11. The summed E-state index contributed by atoms with van der Waals surface area (Å²) in [5, 5.41) is 2.96. The molecular weight excluding hydrogens is 426 g/mol. The molecule has 1 atom stereocenters. The van der Waals surface area contributed by atoms with Gasteiger partial charge >= 0.3 is 0 Å². The topological polar surface area (TPSA) is 79.0 Å². The van der Waals surface area contributed by atoms with Gasteiger partial charge in [-0.1, -0.05) is 30.3 Å². The molecule has 1 heterocycles. The summed E-state index contributed by atoms with van der Waals surface area (Å²) in [4.78, 5) is 14.7. The van der Waals surface area contributed by atoms with Gasteiger partial charge in [0, 0.05) is 37.8 Å². The van der Waals surface area contributed by atoms with Crippen LogP contribution in [0.15, 0.2) is 48.5 Å². The molecule has 3 rings (SSSR count). The lowest BCUT2D eigenvalue weighted by molar-refractivity contribution is -0.121. The molecule has 2 aromatic carbocycles. The quantitative estimate of drug-likeness (QED) is 0.522. The Balaban J connectivity index is 1.43. The van der Waals surface area contributed by atoms with Crippen molar-refractivity contribution in [3.05, 3.63) is 54.1 Å². The van der Waals surface area contributed by atoms with E-state index < -0.39 is 10.0 Å². The number of benzene rings is 2. The SMILES string of the molecule is COc1ccccc1N(CCCC(=O)NCCCN1c2ccccc2C[C@@H]1C)S(C)(=O)=O. The molecule has 1 aliphatic heterocycles. The third-order valence-electron chi connectivity index (χ3n) is 5.77. The molecule has 0 spiro atoms. The van der Waals surface area contributed by atoms with E-state index >= 15 is 0 Å². The summed E-state index contributed by atoms with van der Waals surface area (Å²) in [5.74, 6) is 0.424. The second-order valence-electron chi connectivity index (χ2n) is 8.19. The average molecular weight is 460 g/mol. The fraction of sp³-hybridized carbons (Fsp3) is 0.458. The first kappa shape index (κ1) is 23.9. The Morgan fingerprint density at radius 3 is 2.62 bits per heavy atom.